The highest BCUT2D eigenvalue weighted by Gasteiger charge is 2.32. The molecule has 2 N–H and O–H groups in total. The van der Waals surface area contributed by atoms with Crippen molar-refractivity contribution < 1.29 is 19.8 Å². The molecule has 0 saturated heterocycles. The molecule has 0 rings (SSSR count). The maximum atomic E-state index is 10.5. The molecule has 0 spiro atoms. The molecule has 96 valence electrons. The first-order valence-electron chi connectivity index (χ1n) is 4.86. The van der Waals surface area contributed by atoms with Gasteiger partial charge in [-0.2, -0.15) is 20.8 Å². The minimum atomic E-state index is -1.62. The highest BCUT2D eigenvalue weighted by Crippen LogP contribution is 2.21. The van der Waals surface area contributed by atoms with Crippen LogP contribution in [0, 0.1) is 22.7 Å². The number of hydrogen-bond donors (Lipinski definition) is 2. The van der Waals surface area contributed by atoms with Crippen LogP contribution < -0.4 is 0 Å². The van der Waals surface area contributed by atoms with E-state index in [1.165, 1.54) is 13.8 Å². The number of nitrogens with zero attached hydrogens (tertiary/aromatic N) is 4. The summed E-state index contributed by atoms with van der Waals surface area (Å²) in [6, 6.07) is 3.32. The number of rotatable bonds is 6. The van der Waals surface area contributed by atoms with Crippen LogP contribution in [0.5, 0.6) is 0 Å². The number of carbonyl (C=O) groups is 2. The molecule has 0 amide bonds. The van der Waals surface area contributed by atoms with E-state index in [1.54, 1.807) is 12.1 Å². The maximum Gasteiger partial charge on any atom is 0.306 e. The standard InChI is InChI=1S/C10H12N4O4/c1-9(5-11,3-7(15)16)13-14-10(2,6-12)4-8(17)18/h3-4H2,1-2H3,(H,15,16)(H,17,18)/b14-13+. The third-order valence-electron chi connectivity index (χ3n) is 1.96. The van der Waals surface area contributed by atoms with E-state index in [9.17, 15) is 9.59 Å². The summed E-state index contributed by atoms with van der Waals surface area (Å²) in [5.74, 6) is -2.48. The molecule has 0 aliphatic heterocycles. The highest BCUT2D eigenvalue weighted by molar-refractivity contribution is 5.69. The summed E-state index contributed by atoms with van der Waals surface area (Å²) in [6.45, 7) is 2.48. The minimum absolute atomic E-state index is 0.582. The molecule has 8 nitrogen and oxygen atoms in total. The van der Waals surface area contributed by atoms with Gasteiger partial charge in [0, 0.05) is 0 Å². The molecule has 0 aliphatic carbocycles. The second kappa shape index (κ2) is 5.73. The van der Waals surface area contributed by atoms with Crippen molar-refractivity contribution in [3.8, 4) is 12.1 Å². The lowest BCUT2D eigenvalue weighted by Crippen LogP contribution is -2.27. The van der Waals surface area contributed by atoms with Crippen LogP contribution in [0.4, 0.5) is 0 Å². The Hall–Kier alpha value is -2.48. The lowest BCUT2D eigenvalue weighted by molar-refractivity contribution is -0.139. The molecule has 18 heavy (non-hydrogen) atoms. The van der Waals surface area contributed by atoms with Crippen LogP contribution in [0.3, 0.4) is 0 Å². The Morgan fingerprint density at radius 1 is 1.00 bits per heavy atom. The number of aliphatic carboxylic acids is 2. The third kappa shape index (κ3) is 5.03. The molecule has 0 fully saturated rings. The van der Waals surface area contributed by atoms with Crippen LogP contribution in [0.25, 0.3) is 0 Å². The Balaban J connectivity index is 5.10. The van der Waals surface area contributed by atoms with Crippen molar-refractivity contribution in [2.75, 3.05) is 0 Å². The van der Waals surface area contributed by atoms with Gasteiger partial charge in [0.25, 0.3) is 0 Å². The molecule has 0 bridgehead atoms. The zero-order valence-electron chi connectivity index (χ0n) is 9.91. The van der Waals surface area contributed by atoms with Gasteiger partial charge < -0.3 is 10.2 Å². The highest BCUT2D eigenvalue weighted by atomic mass is 16.4. The van der Waals surface area contributed by atoms with E-state index in [4.69, 9.17) is 20.7 Å². The predicted molar refractivity (Wildman–Crippen MR) is 57.4 cm³/mol. The summed E-state index contributed by atoms with van der Waals surface area (Å²) in [5.41, 5.74) is -3.25. The van der Waals surface area contributed by atoms with Crippen molar-refractivity contribution in [3.63, 3.8) is 0 Å². The molecule has 0 aliphatic rings. The van der Waals surface area contributed by atoms with E-state index in [1.807, 2.05) is 0 Å². The van der Waals surface area contributed by atoms with Crippen LogP contribution >= 0.6 is 0 Å². The van der Waals surface area contributed by atoms with E-state index in [2.05, 4.69) is 10.2 Å². The Morgan fingerprint density at radius 2 is 1.28 bits per heavy atom. The van der Waals surface area contributed by atoms with E-state index in [-0.39, 0.29) is 0 Å². The van der Waals surface area contributed by atoms with Gasteiger partial charge >= 0.3 is 11.9 Å². The van der Waals surface area contributed by atoms with Crippen molar-refractivity contribution in [2.24, 2.45) is 10.2 Å². The quantitative estimate of drug-likeness (QED) is 0.672. The van der Waals surface area contributed by atoms with Crippen molar-refractivity contribution in [1.82, 2.24) is 0 Å². The van der Waals surface area contributed by atoms with E-state index >= 15 is 0 Å². The Bertz CT molecular complexity index is 419. The molecule has 0 radical (unpaired) electrons. The molecule has 0 saturated carbocycles. The van der Waals surface area contributed by atoms with Gasteiger partial charge in [-0.05, 0) is 13.8 Å². The number of carboxylic acids is 2. The van der Waals surface area contributed by atoms with Gasteiger partial charge in [0.05, 0.1) is 25.0 Å². The average Bonchev–Trinajstić information content (AvgIpc) is 2.25. The Morgan fingerprint density at radius 3 is 1.44 bits per heavy atom. The third-order valence-corrected chi connectivity index (χ3v) is 1.96. The first-order valence-corrected chi connectivity index (χ1v) is 4.86. The van der Waals surface area contributed by atoms with E-state index in [0.717, 1.165) is 0 Å². The average molecular weight is 252 g/mol. The van der Waals surface area contributed by atoms with Crippen LogP contribution in [0.2, 0.25) is 0 Å². The maximum absolute atomic E-state index is 10.5. The summed E-state index contributed by atoms with van der Waals surface area (Å²) in [4.78, 5) is 21.1. The van der Waals surface area contributed by atoms with Gasteiger partial charge in [0.1, 0.15) is 0 Å². The van der Waals surface area contributed by atoms with Gasteiger partial charge in [-0.25, -0.2) is 0 Å². The van der Waals surface area contributed by atoms with Crippen molar-refractivity contribution in [1.29, 1.82) is 10.5 Å². The second-order valence-electron chi connectivity index (χ2n) is 4.11. The monoisotopic (exact) mass is 252 g/mol. The Kier molecular flexibility index (Phi) is 4.94. The summed E-state index contributed by atoms with van der Waals surface area (Å²) in [6.07, 6.45) is -1.16. The van der Waals surface area contributed by atoms with Gasteiger partial charge in [-0.3, -0.25) is 9.59 Å². The van der Waals surface area contributed by atoms with Gasteiger partial charge in [0.2, 0.25) is 0 Å². The fourth-order valence-electron chi connectivity index (χ4n) is 1.00. The predicted octanol–water partition coefficient (Wildman–Crippen LogP) is 0.953. The topological polar surface area (TPSA) is 147 Å². The second-order valence-corrected chi connectivity index (χ2v) is 4.11. The number of hydrogen-bond acceptors (Lipinski definition) is 6. The first-order chi connectivity index (χ1) is 8.16. The normalized spacial score (nSPS) is 17.1. The zero-order valence-corrected chi connectivity index (χ0v) is 9.91. The summed E-state index contributed by atoms with van der Waals surface area (Å²) in [7, 11) is 0. The van der Waals surface area contributed by atoms with Crippen molar-refractivity contribution >= 4 is 11.9 Å². The van der Waals surface area contributed by atoms with Gasteiger partial charge in [-0.15, -0.1) is 0 Å². The smallest absolute Gasteiger partial charge is 0.306 e. The minimum Gasteiger partial charge on any atom is -0.481 e. The SMILES string of the molecule is CC(C#N)(CC(=O)O)/N=N/C(C)(C#N)CC(=O)O. The van der Waals surface area contributed by atoms with Gasteiger partial charge in [0.15, 0.2) is 11.1 Å². The molecule has 8 heteroatoms. The van der Waals surface area contributed by atoms with E-state index < -0.39 is 35.9 Å². The van der Waals surface area contributed by atoms with Crippen molar-refractivity contribution in [2.45, 2.75) is 37.8 Å². The molecule has 0 aromatic carbocycles. The number of carboxylic acid groups (broad SMARTS) is 2. The van der Waals surface area contributed by atoms with Gasteiger partial charge in [-0.1, -0.05) is 0 Å². The lowest BCUT2D eigenvalue weighted by Gasteiger charge is -2.16. The first kappa shape index (κ1) is 15.5. The molecular weight excluding hydrogens is 240 g/mol. The van der Waals surface area contributed by atoms with Crippen LogP contribution in [0.15, 0.2) is 10.2 Å². The Labute approximate surface area is 103 Å². The molecular formula is C10H12N4O4. The molecule has 0 heterocycles. The van der Waals surface area contributed by atoms with Crippen LogP contribution in [-0.2, 0) is 9.59 Å². The molecule has 2 unspecified atom stereocenters. The van der Waals surface area contributed by atoms with Crippen LogP contribution in [-0.4, -0.2) is 33.2 Å². The number of nitriles is 2. The summed E-state index contributed by atoms with van der Waals surface area (Å²) >= 11 is 0. The largest absolute Gasteiger partial charge is 0.481 e. The summed E-state index contributed by atoms with van der Waals surface area (Å²) in [5, 5.41) is 41.9. The summed E-state index contributed by atoms with van der Waals surface area (Å²) < 4.78 is 0. The fourth-order valence-corrected chi connectivity index (χ4v) is 1.00. The molecule has 0 aromatic heterocycles. The van der Waals surface area contributed by atoms with E-state index in [0.29, 0.717) is 0 Å². The van der Waals surface area contributed by atoms with Crippen LogP contribution in [0.1, 0.15) is 26.7 Å². The zero-order chi connectivity index (χ0) is 14.4. The molecule has 2 atom stereocenters. The lowest BCUT2D eigenvalue weighted by atomic mass is 10.0. The van der Waals surface area contributed by atoms with Crippen molar-refractivity contribution in [3.05, 3.63) is 0 Å². The fraction of sp³-hybridized carbons (Fsp3) is 0.600. The molecule has 0 aromatic rings. The number of azo groups is 1.